The van der Waals surface area contributed by atoms with Crippen LogP contribution in [0.1, 0.15) is 46.5 Å². The Morgan fingerprint density at radius 2 is 1.77 bits per heavy atom. The van der Waals surface area contributed by atoms with Gasteiger partial charge in [0.25, 0.3) is 0 Å². The Labute approximate surface area is 80.5 Å². The molecule has 2 N–H and O–H groups in total. The van der Waals surface area contributed by atoms with Gasteiger partial charge in [0.05, 0.1) is 5.60 Å². The molecule has 0 bridgehead atoms. The highest BCUT2D eigenvalue weighted by molar-refractivity contribution is 5.72. The summed E-state index contributed by atoms with van der Waals surface area (Å²) in [6.07, 6.45) is 3.38. The van der Waals surface area contributed by atoms with E-state index in [9.17, 15) is 9.90 Å². The van der Waals surface area contributed by atoms with Gasteiger partial charge in [0.1, 0.15) is 0 Å². The molecule has 0 unspecified atom stereocenters. The fourth-order valence-electron chi connectivity index (χ4n) is 1.52. The van der Waals surface area contributed by atoms with E-state index in [1.165, 1.54) is 6.92 Å². The van der Waals surface area contributed by atoms with Crippen LogP contribution in [0.3, 0.4) is 0 Å². The van der Waals surface area contributed by atoms with Crippen LogP contribution in [0, 0.1) is 0 Å². The highest BCUT2D eigenvalue weighted by atomic mass is 16.3. The Bertz CT molecular complexity index is 151. The number of carbonyl (C=O) groups is 1. The van der Waals surface area contributed by atoms with Gasteiger partial charge in [-0.1, -0.05) is 26.7 Å². The molecule has 0 aliphatic rings. The molecule has 0 aromatic rings. The minimum atomic E-state index is -0.699. The lowest BCUT2D eigenvalue weighted by atomic mass is 9.93. The molecule has 0 aromatic heterocycles. The van der Waals surface area contributed by atoms with Gasteiger partial charge in [0.2, 0.25) is 5.91 Å². The van der Waals surface area contributed by atoms with Gasteiger partial charge >= 0.3 is 0 Å². The lowest BCUT2D eigenvalue weighted by Gasteiger charge is -2.27. The first-order valence-corrected chi connectivity index (χ1v) is 5.01. The second kappa shape index (κ2) is 5.97. The Kier molecular flexibility index (Phi) is 5.71. The second-order valence-electron chi connectivity index (χ2n) is 3.63. The maximum Gasteiger partial charge on any atom is 0.216 e. The highest BCUT2D eigenvalue weighted by Crippen LogP contribution is 2.18. The smallest absolute Gasteiger partial charge is 0.216 e. The molecule has 0 rings (SSSR count). The number of hydrogen-bond acceptors (Lipinski definition) is 2. The molecule has 13 heavy (non-hydrogen) atoms. The number of rotatable bonds is 6. The van der Waals surface area contributed by atoms with Crippen molar-refractivity contribution in [2.45, 2.75) is 52.1 Å². The van der Waals surface area contributed by atoms with Gasteiger partial charge in [-0.25, -0.2) is 0 Å². The van der Waals surface area contributed by atoms with E-state index in [2.05, 4.69) is 5.32 Å². The molecule has 0 spiro atoms. The van der Waals surface area contributed by atoms with E-state index in [0.717, 1.165) is 25.7 Å². The molecule has 0 aliphatic heterocycles. The number of nitrogens with one attached hydrogen (secondary N) is 1. The number of aliphatic hydroxyl groups is 1. The largest absolute Gasteiger partial charge is 0.388 e. The van der Waals surface area contributed by atoms with E-state index in [-0.39, 0.29) is 5.91 Å². The summed E-state index contributed by atoms with van der Waals surface area (Å²) in [4.78, 5) is 10.7. The minimum absolute atomic E-state index is 0.0781. The molecule has 78 valence electrons. The highest BCUT2D eigenvalue weighted by Gasteiger charge is 2.24. The Hall–Kier alpha value is -0.570. The topological polar surface area (TPSA) is 49.3 Å². The average molecular weight is 187 g/mol. The van der Waals surface area contributed by atoms with Crippen LogP contribution in [0.2, 0.25) is 0 Å². The van der Waals surface area contributed by atoms with Gasteiger partial charge in [0, 0.05) is 13.5 Å². The maximum absolute atomic E-state index is 10.7. The lowest BCUT2D eigenvalue weighted by molar-refractivity contribution is -0.120. The first kappa shape index (κ1) is 12.4. The van der Waals surface area contributed by atoms with Crippen molar-refractivity contribution in [1.29, 1.82) is 0 Å². The normalized spacial score (nSPS) is 11.4. The molecule has 0 atom stereocenters. The van der Waals surface area contributed by atoms with Crippen LogP contribution in [-0.2, 0) is 4.79 Å². The van der Waals surface area contributed by atoms with Gasteiger partial charge < -0.3 is 10.4 Å². The number of amides is 1. The van der Waals surface area contributed by atoms with Crippen molar-refractivity contribution in [2.24, 2.45) is 0 Å². The standard InChI is InChI=1S/C10H21NO2/c1-4-6-10(13,7-5-2)8-11-9(3)12/h13H,4-8H2,1-3H3,(H,11,12). The maximum atomic E-state index is 10.7. The quantitative estimate of drug-likeness (QED) is 0.661. The molecule has 0 radical (unpaired) electrons. The zero-order chi connectivity index (χ0) is 10.3. The lowest BCUT2D eigenvalue weighted by Crippen LogP contribution is -2.42. The van der Waals surface area contributed by atoms with Gasteiger partial charge in [-0.05, 0) is 12.8 Å². The molecule has 0 aliphatic carbocycles. The third kappa shape index (κ3) is 5.64. The van der Waals surface area contributed by atoms with E-state index in [1.54, 1.807) is 0 Å². The fourth-order valence-corrected chi connectivity index (χ4v) is 1.52. The molecule has 3 nitrogen and oxygen atoms in total. The summed E-state index contributed by atoms with van der Waals surface area (Å²) in [5, 5.41) is 12.7. The van der Waals surface area contributed by atoms with Crippen molar-refractivity contribution in [3.63, 3.8) is 0 Å². The summed E-state index contributed by atoms with van der Waals surface area (Å²) < 4.78 is 0. The van der Waals surface area contributed by atoms with Crippen LogP contribution >= 0.6 is 0 Å². The summed E-state index contributed by atoms with van der Waals surface area (Å²) in [6.45, 7) is 5.92. The molecule has 0 saturated carbocycles. The van der Waals surface area contributed by atoms with Gasteiger partial charge in [0.15, 0.2) is 0 Å². The monoisotopic (exact) mass is 187 g/mol. The van der Waals surface area contributed by atoms with Gasteiger partial charge in [-0.2, -0.15) is 0 Å². The summed E-state index contributed by atoms with van der Waals surface area (Å²) in [5.41, 5.74) is -0.699. The molecule has 0 aromatic carbocycles. The van der Waals surface area contributed by atoms with Crippen molar-refractivity contribution in [3.8, 4) is 0 Å². The molecule has 3 heteroatoms. The van der Waals surface area contributed by atoms with Crippen LogP contribution < -0.4 is 5.32 Å². The minimum Gasteiger partial charge on any atom is -0.388 e. The van der Waals surface area contributed by atoms with Gasteiger partial charge in [-0.3, -0.25) is 4.79 Å². The van der Waals surface area contributed by atoms with Crippen LogP contribution in [0.5, 0.6) is 0 Å². The third-order valence-electron chi connectivity index (χ3n) is 2.10. The molecule has 0 heterocycles. The Balaban J connectivity index is 3.98. The summed E-state index contributed by atoms with van der Waals surface area (Å²) in [6, 6.07) is 0. The predicted octanol–water partition coefficient (Wildman–Crippen LogP) is 1.45. The van der Waals surface area contributed by atoms with E-state index in [1.807, 2.05) is 13.8 Å². The average Bonchev–Trinajstić information content (AvgIpc) is 2.02. The zero-order valence-corrected chi connectivity index (χ0v) is 8.89. The van der Waals surface area contributed by atoms with Crippen LogP contribution in [0.25, 0.3) is 0 Å². The molecule has 0 saturated heterocycles. The first-order chi connectivity index (χ1) is 6.04. The SMILES string of the molecule is CCCC(O)(CCC)CNC(C)=O. The number of carbonyl (C=O) groups excluding carboxylic acids is 1. The zero-order valence-electron chi connectivity index (χ0n) is 8.89. The molecular weight excluding hydrogens is 166 g/mol. The van der Waals surface area contributed by atoms with Crippen molar-refractivity contribution in [3.05, 3.63) is 0 Å². The van der Waals surface area contributed by atoms with Crippen LogP contribution in [0.15, 0.2) is 0 Å². The van der Waals surface area contributed by atoms with E-state index in [4.69, 9.17) is 0 Å². The number of hydrogen-bond donors (Lipinski definition) is 2. The molecular formula is C10H21NO2. The van der Waals surface area contributed by atoms with E-state index >= 15 is 0 Å². The Morgan fingerprint density at radius 1 is 1.31 bits per heavy atom. The summed E-state index contributed by atoms with van der Waals surface area (Å²) >= 11 is 0. The van der Waals surface area contributed by atoms with Gasteiger partial charge in [-0.15, -0.1) is 0 Å². The van der Waals surface area contributed by atoms with Crippen LogP contribution in [0.4, 0.5) is 0 Å². The Morgan fingerprint density at radius 3 is 2.08 bits per heavy atom. The van der Waals surface area contributed by atoms with Crippen molar-refractivity contribution in [2.75, 3.05) is 6.54 Å². The fraction of sp³-hybridized carbons (Fsp3) is 0.900. The first-order valence-electron chi connectivity index (χ1n) is 5.01. The second-order valence-corrected chi connectivity index (χ2v) is 3.63. The van der Waals surface area contributed by atoms with Crippen molar-refractivity contribution in [1.82, 2.24) is 5.32 Å². The van der Waals surface area contributed by atoms with E-state index < -0.39 is 5.60 Å². The van der Waals surface area contributed by atoms with Crippen molar-refractivity contribution >= 4 is 5.91 Å². The summed E-state index contributed by atoms with van der Waals surface area (Å²) in [7, 11) is 0. The molecule has 1 amide bonds. The van der Waals surface area contributed by atoms with Crippen LogP contribution in [-0.4, -0.2) is 23.2 Å². The third-order valence-corrected chi connectivity index (χ3v) is 2.10. The van der Waals surface area contributed by atoms with Crippen molar-refractivity contribution < 1.29 is 9.90 Å². The predicted molar refractivity (Wildman–Crippen MR) is 53.4 cm³/mol. The summed E-state index contributed by atoms with van der Waals surface area (Å²) in [5.74, 6) is -0.0781. The van der Waals surface area contributed by atoms with E-state index in [0.29, 0.717) is 6.54 Å². The molecule has 0 fully saturated rings.